The first-order chi connectivity index (χ1) is 13.0. The minimum atomic E-state index is -0.232. The molecule has 0 saturated carbocycles. The second-order valence-electron chi connectivity index (χ2n) is 6.03. The van der Waals surface area contributed by atoms with Gasteiger partial charge in [-0.3, -0.25) is 14.3 Å². The van der Waals surface area contributed by atoms with Crippen molar-refractivity contribution in [2.45, 2.75) is 13.5 Å². The highest BCUT2D eigenvalue weighted by Crippen LogP contribution is 2.24. The molecule has 3 aromatic rings. The van der Waals surface area contributed by atoms with Crippen LogP contribution in [0.15, 0.2) is 54.7 Å². The van der Waals surface area contributed by atoms with Crippen molar-refractivity contribution in [3.63, 3.8) is 0 Å². The lowest BCUT2D eigenvalue weighted by Crippen LogP contribution is -2.29. The zero-order valence-corrected chi connectivity index (χ0v) is 16.1. The highest BCUT2D eigenvalue weighted by Gasteiger charge is 2.20. The molecule has 0 aliphatic carbocycles. The van der Waals surface area contributed by atoms with Gasteiger partial charge in [-0.05, 0) is 48.9 Å². The SMILES string of the molecule is CON(Cc1ccc(Oc2ccc(Cl)cc2)cc1)C(=O)c1cn(C)nc1C. The van der Waals surface area contributed by atoms with Crippen molar-refractivity contribution in [2.24, 2.45) is 7.05 Å². The molecular formula is C20H20ClN3O3. The molecule has 0 atom stereocenters. The first-order valence-corrected chi connectivity index (χ1v) is 8.72. The number of amides is 1. The topological polar surface area (TPSA) is 56.6 Å². The van der Waals surface area contributed by atoms with E-state index >= 15 is 0 Å². The number of hydrogen-bond acceptors (Lipinski definition) is 4. The van der Waals surface area contributed by atoms with E-state index in [4.69, 9.17) is 21.2 Å². The van der Waals surface area contributed by atoms with Crippen molar-refractivity contribution in [1.82, 2.24) is 14.8 Å². The lowest BCUT2D eigenvalue weighted by molar-refractivity contribution is -0.102. The Bertz CT molecular complexity index is 921. The summed E-state index contributed by atoms with van der Waals surface area (Å²) in [5, 5.41) is 6.16. The smallest absolute Gasteiger partial charge is 0.281 e. The summed E-state index contributed by atoms with van der Waals surface area (Å²) < 4.78 is 7.38. The monoisotopic (exact) mass is 385 g/mol. The normalized spacial score (nSPS) is 10.7. The second-order valence-corrected chi connectivity index (χ2v) is 6.46. The van der Waals surface area contributed by atoms with Gasteiger partial charge in [0.1, 0.15) is 11.5 Å². The van der Waals surface area contributed by atoms with Crippen LogP contribution >= 0.6 is 11.6 Å². The number of aromatic nitrogens is 2. The molecule has 1 amide bonds. The van der Waals surface area contributed by atoms with Crippen LogP contribution in [-0.2, 0) is 18.4 Å². The molecule has 3 rings (SSSR count). The fraction of sp³-hybridized carbons (Fsp3) is 0.200. The number of nitrogens with zero attached hydrogens (tertiary/aromatic N) is 3. The minimum absolute atomic E-state index is 0.232. The zero-order chi connectivity index (χ0) is 19.4. The van der Waals surface area contributed by atoms with Gasteiger partial charge in [-0.1, -0.05) is 23.7 Å². The van der Waals surface area contributed by atoms with Gasteiger partial charge in [-0.25, -0.2) is 5.06 Å². The Kier molecular flexibility index (Phi) is 5.78. The molecule has 0 fully saturated rings. The maximum atomic E-state index is 12.7. The molecular weight excluding hydrogens is 366 g/mol. The molecule has 0 radical (unpaired) electrons. The molecule has 0 spiro atoms. The van der Waals surface area contributed by atoms with Gasteiger partial charge in [0.2, 0.25) is 0 Å². The van der Waals surface area contributed by atoms with Crippen molar-refractivity contribution < 1.29 is 14.4 Å². The van der Waals surface area contributed by atoms with Crippen LogP contribution in [0.25, 0.3) is 0 Å². The standard InChI is InChI=1S/C20H20ClN3O3/c1-14-19(13-23(2)22-14)20(25)24(26-3)12-15-4-8-17(9-5-15)27-18-10-6-16(21)7-11-18/h4-11,13H,12H2,1-3H3. The van der Waals surface area contributed by atoms with Gasteiger partial charge < -0.3 is 4.74 Å². The molecule has 27 heavy (non-hydrogen) atoms. The third kappa shape index (κ3) is 4.67. The Hall–Kier alpha value is -2.83. The van der Waals surface area contributed by atoms with E-state index in [0.717, 1.165) is 5.56 Å². The van der Waals surface area contributed by atoms with Crippen LogP contribution in [0.5, 0.6) is 11.5 Å². The Morgan fingerprint density at radius 3 is 2.22 bits per heavy atom. The summed E-state index contributed by atoms with van der Waals surface area (Å²) in [6, 6.07) is 14.6. The first-order valence-electron chi connectivity index (χ1n) is 8.35. The maximum absolute atomic E-state index is 12.7. The van der Waals surface area contributed by atoms with Gasteiger partial charge >= 0.3 is 0 Å². The van der Waals surface area contributed by atoms with E-state index < -0.39 is 0 Å². The maximum Gasteiger partial charge on any atom is 0.281 e. The molecule has 1 heterocycles. The summed E-state index contributed by atoms with van der Waals surface area (Å²) in [5.41, 5.74) is 2.09. The van der Waals surface area contributed by atoms with E-state index in [0.29, 0.717) is 34.3 Å². The van der Waals surface area contributed by atoms with Crippen LogP contribution in [0.4, 0.5) is 0 Å². The molecule has 0 bridgehead atoms. The van der Waals surface area contributed by atoms with Crippen LogP contribution in [0.2, 0.25) is 5.02 Å². The third-order valence-electron chi connectivity index (χ3n) is 3.99. The van der Waals surface area contributed by atoms with E-state index in [-0.39, 0.29) is 5.91 Å². The van der Waals surface area contributed by atoms with Crippen molar-refractivity contribution in [1.29, 1.82) is 0 Å². The highest BCUT2D eigenvalue weighted by atomic mass is 35.5. The van der Waals surface area contributed by atoms with Crippen molar-refractivity contribution in [3.05, 3.63) is 76.6 Å². The van der Waals surface area contributed by atoms with Crippen LogP contribution < -0.4 is 4.74 Å². The fourth-order valence-corrected chi connectivity index (χ4v) is 2.76. The average molecular weight is 386 g/mol. The van der Waals surface area contributed by atoms with Gasteiger partial charge in [0.15, 0.2) is 0 Å². The molecule has 0 aliphatic heterocycles. The summed E-state index contributed by atoms with van der Waals surface area (Å²) in [5.74, 6) is 1.16. The molecule has 7 heteroatoms. The lowest BCUT2D eigenvalue weighted by Gasteiger charge is -2.19. The number of carbonyl (C=O) groups excluding carboxylic acids is 1. The quantitative estimate of drug-likeness (QED) is 0.591. The third-order valence-corrected chi connectivity index (χ3v) is 4.24. The lowest BCUT2D eigenvalue weighted by atomic mass is 10.2. The Morgan fingerprint density at radius 1 is 1.11 bits per heavy atom. The van der Waals surface area contributed by atoms with Gasteiger partial charge in [0.25, 0.3) is 5.91 Å². The fourth-order valence-electron chi connectivity index (χ4n) is 2.63. The second kappa shape index (κ2) is 8.24. The van der Waals surface area contributed by atoms with E-state index in [9.17, 15) is 4.79 Å². The van der Waals surface area contributed by atoms with Gasteiger partial charge in [-0.2, -0.15) is 5.10 Å². The number of aryl methyl sites for hydroxylation is 2. The number of carbonyl (C=O) groups is 1. The molecule has 0 N–H and O–H groups in total. The van der Waals surface area contributed by atoms with Crippen LogP contribution in [-0.4, -0.2) is 27.9 Å². The number of halogens is 1. The Labute approximate surface area is 162 Å². The van der Waals surface area contributed by atoms with Crippen molar-refractivity contribution in [2.75, 3.05) is 7.11 Å². The van der Waals surface area contributed by atoms with E-state index in [1.165, 1.54) is 12.2 Å². The molecule has 1 aromatic heterocycles. The predicted octanol–water partition coefficient (Wildman–Crippen LogP) is 4.38. The number of rotatable bonds is 6. The van der Waals surface area contributed by atoms with E-state index in [1.54, 1.807) is 49.1 Å². The molecule has 0 saturated heterocycles. The number of ether oxygens (including phenoxy) is 1. The molecule has 140 valence electrons. The minimum Gasteiger partial charge on any atom is -0.457 e. The molecule has 6 nitrogen and oxygen atoms in total. The van der Waals surface area contributed by atoms with Crippen LogP contribution in [0.1, 0.15) is 21.6 Å². The Balaban J connectivity index is 1.68. The van der Waals surface area contributed by atoms with Gasteiger partial charge in [0, 0.05) is 18.3 Å². The van der Waals surface area contributed by atoms with Crippen LogP contribution in [0.3, 0.4) is 0 Å². The predicted molar refractivity (Wildman–Crippen MR) is 103 cm³/mol. The summed E-state index contributed by atoms with van der Waals surface area (Å²) in [7, 11) is 3.25. The summed E-state index contributed by atoms with van der Waals surface area (Å²) in [6.45, 7) is 2.11. The summed E-state index contributed by atoms with van der Waals surface area (Å²) in [4.78, 5) is 17.9. The summed E-state index contributed by atoms with van der Waals surface area (Å²) in [6.07, 6.45) is 1.69. The highest BCUT2D eigenvalue weighted by molar-refractivity contribution is 6.30. The average Bonchev–Trinajstić information content (AvgIpc) is 3.00. The zero-order valence-electron chi connectivity index (χ0n) is 15.3. The Morgan fingerprint density at radius 2 is 1.70 bits per heavy atom. The molecule has 0 aliphatic rings. The van der Waals surface area contributed by atoms with Gasteiger partial charge in [-0.15, -0.1) is 0 Å². The number of hydrogen-bond donors (Lipinski definition) is 0. The van der Waals surface area contributed by atoms with Crippen LogP contribution in [0, 0.1) is 6.92 Å². The molecule has 0 unspecified atom stereocenters. The largest absolute Gasteiger partial charge is 0.457 e. The first kappa shape index (κ1) is 18.9. The molecule has 2 aromatic carbocycles. The van der Waals surface area contributed by atoms with Gasteiger partial charge in [0.05, 0.1) is 24.9 Å². The van der Waals surface area contributed by atoms with Crippen molar-refractivity contribution in [3.8, 4) is 11.5 Å². The number of hydroxylamine groups is 2. The summed E-state index contributed by atoms with van der Waals surface area (Å²) >= 11 is 5.87. The number of benzene rings is 2. The van der Waals surface area contributed by atoms with E-state index in [1.807, 2.05) is 24.3 Å². The van der Waals surface area contributed by atoms with Crippen molar-refractivity contribution >= 4 is 17.5 Å². The van der Waals surface area contributed by atoms with E-state index in [2.05, 4.69) is 5.10 Å².